The van der Waals surface area contributed by atoms with Crippen LogP contribution in [0.2, 0.25) is 5.02 Å². The molecule has 7 heteroatoms. The van der Waals surface area contributed by atoms with Gasteiger partial charge in [0.05, 0.1) is 4.90 Å². The molecule has 2 aromatic rings. The van der Waals surface area contributed by atoms with Gasteiger partial charge < -0.3 is 5.73 Å². The van der Waals surface area contributed by atoms with Crippen molar-refractivity contribution in [2.45, 2.75) is 12.3 Å². The van der Waals surface area contributed by atoms with Crippen LogP contribution >= 0.6 is 11.6 Å². The average Bonchev–Trinajstić information content (AvgIpc) is 2.37. The number of halogens is 1. The molecule has 0 amide bonds. The second-order valence-electron chi connectivity index (χ2n) is 3.65. The van der Waals surface area contributed by atoms with Gasteiger partial charge >= 0.3 is 0 Å². The molecular formula is C12H16ClN3O2S. The Morgan fingerprint density at radius 1 is 1.26 bits per heavy atom. The minimum Gasteiger partial charge on any atom is -0.329 e. The van der Waals surface area contributed by atoms with Crippen molar-refractivity contribution in [1.82, 2.24) is 9.71 Å². The van der Waals surface area contributed by atoms with Crippen molar-refractivity contribution in [2.24, 2.45) is 5.73 Å². The maximum atomic E-state index is 12.1. The molecule has 0 radical (unpaired) electrons. The summed E-state index contributed by atoms with van der Waals surface area (Å²) in [6, 6.07) is 4.70. The number of sulfonamides is 1. The lowest BCUT2D eigenvalue weighted by atomic mass is 10.2. The first-order valence-electron chi connectivity index (χ1n) is 5.28. The van der Waals surface area contributed by atoms with E-state index >= 15 is 0 Å². The predicted molar refractivity (Wildman–Crippen MR) is 77.7 cm³/mol. The Labute approximate surface area is 117 Å². The van der Waals surface area contributed by atoms with Gasteiger partial charge in [0, 0.05) is 41.3 Å². The van der Waals surface area contributed by atoms with Gasteiger partial charge in [-0.2, -0.15) is 0 Å². The SMILES string of the molecule is C.NCCNS(=O)(=O)c1ccc(Cl)c2ccncc12. The molecule has 0 spiro atoms. The molecule has 19 heavy (non-hydrogen) atoms. The van der Waals surface area contributed by atoms with Crippen LogP contribution < -0.4 is 10.5 Å². The normalized spacial score (nSPS) is 11.3. The number of pyridine rings is 1. The van der Waals surface area contributed by atoms with Crippen molar-refractivity contribution in [2.75, 3.05) is 13.1 Å². The third-order valence-corrected chi connectivity index (χ3v) is 4.30. The lowest BCUT2D eigenvalue weighted by Crippen LogP contribution is -2.29. The van der Waals surface area contributed by atoms with Crippen LogP contribution in [0.1, 0.15) is 7.43 Å². The molecule has 2 rings (SSSR count). The molecule has 0 unspecified atom stereocenters. The molecule has 104 valence electrons. The van der Waals surface area contributed by atoms with E-state index < -0.39 is 10.0 Å². The Balaban J connectivity index is 0.00000180. The Morgan fingerprint density at radius 2 is 2.00 bits per heavy atom. The predicted octanol–water partition coefficient (Wildman–Crippen LogP) is 1.76. The summed E-state index contributed by atoms with van der Waals surface area (Å²) in [5.41, 5.74) is 5.29. The van der Waals surface area contributed by atoms with Crippen LogP contribution in [0.25, 0.3) is 10.8 Å². The molecule has 1 heterocycles. The highest BCUT2D eigenvalue weighted by Gasteiger charge is 2.17. The molecule has 0 saturated heterocycles. The molecule has 1 aromatic carbocycles. The largest absolute Gasteiger partial charge is 0.329 e. The summed E-state index contributed by atoms with van der Waals surface area (Å²) in [5, 5.41) is 1.64. The van der Waals surface area contributed by atoms with Crippen LogP contribution in [-0.4, -0.2) is 26.5 Å². The Hall–Kier alpha value is -1.21. The fraction of sp³-hybridized carbons (Fsp3) is 0.250. The molecule has 0 saturated carbocycles. The summed E-state index contributed by atoms with van der Waals surface area (Å²) in [5.74, 6) is 0. The van der Waals surface area contributed by atoms with Crippen LogP contribution in [0.5, 0.6) is 0 Å². The summed E-state index contributed by atoms with van der Waals surface area (Å²) in [7, 11) is -3.59. The van der Waals surface area contributed by atoms with Gasteiger partial charge in [-0.25, -0.2) is 13.1 Å². The quantitative estimate of drug-likeness (QED) is 0.901. The number of benzene rings is 1. The molecule has 0 aliphatic rings. The van der Waals surface area contributed by atoms with E-state index in [1.807, 2.05) is 0 Å². The van der Waals surface area contributed by atoms with Crippen molar-refractivity contribution in [3.63, 3.8) is 0 Å². The number of rotatable bonds is 4. The Morgan fingerprint density at radius 3 is 2.68 bits per heavy atom. The zero-order valence-electron chi connectivity index (χ0n) is 9.43. The number of nitrogens with one attached hydrogen (secondary N) is 1. The van der Waals surface area contributed by atoms with Crippen molar-refractivity contribution in [3.8, 4) is 0 Å². The lowest BCUT2D eigenvalue weighted by molar-refractivity contribution is 0.583. The second-order valence-corrected chi connectivity index (χ2v) is 5.80. The molecule has 3 N–H and O–H groups in total. The summed E-state index contributed by atoms with van der Waals surface area (Å²) in [6.45, 7) is 0.426. The van der Waals surface area contributed by atoms with Crippen molar-refractivity contribution >= 4 is 32.4 Å². The molecule has 1 aromatic heterocycles. The van der Waals surface area contributed by atoms with E-state index in [0.717, 1.165) is 0 Å². The first-order valence-corrected chi connectivity index (χ1v) is 7.14. The highest BCUT2D eigenvalue weighted by atomic mass is 35.5. The number of nitrogens with zero attached hydrogens (tertiary/aromatic N) is 1. The third kappa shape index (κ3) is 3.22. The van der Waals surface area contributed by atoms with E-state index in [0.29, 0.717) is 15.8 Å². The smallest absolute Gasteiger partial charge is 0.241 e. The first kappa shape index (κ1) is 15.8. The van der Waals surface area contributed by atoms with Crippen LogP contribution in [0.3, 0.4) is 0 Å². The van der Waals surface area contributed by atoms with Crippen molar-refractivity contribution in [1.29, 1.82) is 0 Å². The van der Waals surface area contributed by atoms with E-state index in [2.05, 4.69) is 9.71 Å². The zero-order valence-corrected chi connectivity index (χ0v) is 11.0. The fourth-order valence-corrected chi connectivity index (χ4v) is 3.10. The minimum absolute atomic E-state index is 0. The van der Waals surface area contributed by atoms with Gasteiger partial charge in [0.1, 0.15) is 0 Å². The lowest BCUT2D eigenvalue weighted by Gasteiger charge is -2.09. The highest BCUT2D eigenvalue weighted by Crippen LogP contribution is 2.28. The number of hydrogen-bond acceptors (Lipinski definition) is 4. The fourth-order valence-electron chi connectivity index (χ4n) is 1.63. The molecule has 0 bridgehead atoms. The van der Waals surface area contributed by atoms with Crippen LogP contribution in [0.15, 0.2) is 35.5 Å². The molecule has 5 nitrogen and oxygen atoms in total. The Bertz CT molecular complexity index is 674. The minimum atomic E-state index is -3.59. The van der Waals surface area contributed by atoms with Crippen LogP contribution in [0.4, 0.5) is 0 Å². The number of fused-ring (bicyclic) bond motifs is 1. The van der Waals surface area contributed by atoms with Gasteiger partial charge in [0.2, 0.25) is 10.0 Å². The molecular weight excluding hydrogens is 286 g/mol. The maximum Gasteiger partial charge on any atom is 0.241 e. The molecule has 0 aliphatic carbocycles. The number of aromatic nitrogens is 1. The average molecular weight is 302 g/mol. The monoisotopic (exact) mass is 301 g/mol. The van der Waals surface area contributed by atoms with Gasteiger partial charge in [-0.15, -0.1) is 0 Å². The first-order chi connectivity index (χ1) is 8.56. The summed E-state index contributed by atoms with van der Waals surface area (Å²) < 4.78 is 26.6. The maximum absolute atomic E-state index is 12.1. The van der Waals surface area contributed by atoms with Gasteiger partial charge in [0.25, 0.3) is 0 Å². The topological polar surface area (TPSA) is 85.1 Å². The highest BCUT2D eigenvalue weighted by molar-refractivity contribution is 7.89. The van der Waals surface area contributed by atoms with E-state index in [4.69, 9.17) is 17.3 Å². The Kier molecular flexibility index (Phi) is 5.25. The van der Waals surface area contributed by atoms with Crippen molar-refractivity contribution < 1.29 is 8.42 Å². The van der Waals surface area contributed by atoms with Crippen LogP contribution in [-0.2, 0) is 10.0 Å². The summed E-state index contributed by atoms with van der Waals surface area (Å²) in [4.78, 5) is 4.09. The number of hydrogen-bond donors (Lipinski definition) is 2. The third-order valence-electron chi connectivity index (χ3n) is 2.45. The van der Waals surface area contributed by atoms with E-state index in [9.17, 15) is 8.42 Å². The molecule has 0 fully saturated rings. The van der Waals surface area contributed by atoms with Gasteiger partial charge in [0.15, 0.2) is 0 Å². The van der Waals surface area contributed by atoms with Gasteiger partial charge in [-0.1, -0.05) is 19.0 Å². The van der Waals surface area contributed by atoms with Gasteiger partial charge in [-0.05, 0) is 18.2 Å². The van der Waals surface area contributed by atoms with E-state index in [1.54, 1.807) is 18.3 Å². The molecule has 0 atom stereocenters. The summed E-state index contributed by atoms with van der Waals surface area (Å²) >= 11 is 6.02. The van der Waals surface area contributed by atoms with E-state index in [-0.39, 0.29) is 25.4 Å². The van der Waals surface area contributed by atoms with E-state index in [1.165, 1.54) is 12.3 Å². The van der Waals surface area contributed by atoms with Crippen molar-refractivity contribution in [3.05, 3.63) is 35.6 Å². The number of nitrogens with two attached hydrogens (primary N) is 1. The standard InChI is InChI=1S/C11H12ClN3O2S.CH4/c12-10-1-2-11(18(16,17)15-6-4-13)9-7-14-5-3-8(9)10;/h1-3,5,7,15H,4,6,13H2;1H4. The van der Waals surface area contributed by atoms with Gasteiger partial charge in [-0.3, -0.25) is 4.98 Å². The second kappa shape index (κ2) is 6.29. The van der Waals surface area contributed by atoms with Crippen LogP contribution in [0, 0.1) is 0 Å². The molecule has 0 aliphatic heterocycles. The zero-order chi connectivity index (χ0) is 13.2. The summed E-state index contributed by atoms with van der Waals surface area (Å²) in [6.07, 6.45) is 3.05.